The summed E-state index contributed by atoms with van der Waals surface area (Å²) in [6, 6.07) is 3.81. The highest BCUT2D eigenvalue weighted by Gasteiger charge is 2.18. The fourth-order valence-electron chi connectivity index (χ4n) is 3.25. The van der Waals surface area contributed by atoms with Crippen LogP contribution in [0.15, 0.2) is 29.3 Å². The number of thiophene rings is 1. The third kappa shape index (κ3) is 2.37. The van der Waals surface area contributed by atoms with Gasteiger partial charge in [0.1, 0.15) is 11.2 Å². The van der Waals surface area contributed by atoms with Crippen molar-refractivity contribution in [3.63, 3.8) is 0 Å². The predicted molar refractivity (Wildman–Crippen MR) is 102 cm³/mol. The molecule has 0 aliphatic heterocycles. The van der Waals surface area contributed by atoms with Crippen molar-refractivity contribution in [2.75, 3.05) is 14.2 Å². The maximum atomic E-state index is 13.0. The molecule has 0 radical (unpaired) electrons. The van der Waals surface area contributed by atoms with E-state index in [2.05, 4.69) is 23.1 Å². The van der Waals surface area contributed by atoms with Crippen molar-refractivity contribution in [2.45, 2.75) is 13.5 Å². The molecule has 26 heavy (non-hydrogen) atoms. The summed E-state index contributed by atoms with van der Waals surface area (Å²) >= 11 is 1.67. The number of methoxy groups -OCH3 is 2. The van der Waals surface area contributed by atoms with E-state index in [1.54, 1.807) is 44.0 Å². The van der Waals surface area contributed by atoms with E-state index in [-0.39, 0.29) is 12.1 Å². The lowest BCUT2D eigenvalue weighted by Gasteiger charge is -2.12. The summed E-state index contributed by atoms with van der Waals surface area (Å²) < 4.78 is 15.1. The number of ether oxygens (including phenoxy) is 2. The van der Waals surface area contributed by atoms with E-state index >= 15 is 0 Å². The van der Waals surface area contributed by atoms with Crippen LogP contribution in [0, 0.1) is 6.92 Å². The first-order valence-corrected chi connectivity index (χ1v) is 8.87. The average molecular weight is 370 g/mol. The zero-order valence-electron chi connectivity index (χ0n) is 14.9. The van der Waals surface area contributed by atoms with Gasteiger partial charge in [0, 0.05) is 29.6 Å². The Hall–Kier alpha value is -2.87. The van der Waals surface area contributed by atoms with Crippen LogP contribution in [0.3, 0.4) is 0 Å². The average Bonchev–Trinajstić information content (AvgIpc) is 3.14. The first-order valence-electron chi connectivity index (χ1n) is 8.05. The molecule has 0 spiro atoms. The van der Waals surface area contributed by atoms with Crippen LogP contribution in [0.1, 0.15) is 10.6 Å². The van der Waals surface area contributed by atoms with Gasteiger partial charge in [-0.25, -0.2) is 4.68 Å². The number of pyridine rings is 1. The molecule has 4 rings (SSSR count). The molecule has 7 nitrogen and oxygen atoms in total. The summed E-state index contributed by atoms with van der Waals surface area (Å²) in [7, 11) is 5.03. The molecule has 0 saturated carbocycles. The first kappa shape index (κ1) is 16.6. The lowest BCUT2D eigenvalue weighted by atomic mass is 10.3. The van der Waals surface area contributed by atoms with Crippen LogP contribution in [0.5, 0.6) is 11.5 Å². The van der Waals surface area contributed by atoms with Gasteiger partial charge in [-0.05, 0) is 13.0 Å². The van der Waals surface area contributed by atoms with E-state index in [0.717, 1.165) is 15.6 Å². The predicted octanol–water partition coefficient (Wildman–Crippen LogP) is 2.72. The smallest absolute Gasteiger partial charge is 0.291 e. The molecule has 4 aromatic heterocycles. The summed E-state index contributed by atoms with van der Waals surface area (Å²) in [5, 5.41) is 5.25. The van der Waals surface area contributed by atoms with Gasteiger partial charge in [0.05, 0.1) is 37.2 Å². The van der Waals surface area contributed by atoms with Gasteiger partial charge in [-0.15, -0.1) is 11.3 Å². The monoisotopic (exact) mass is 370 g/mol. The van der Waals surface area contributed by atoms with Crippen LogP contribution in [-0.4, -0.2) is 33.6 Å². The molecule has 0 unspecified atom stereocenters. The van der Waals surface area contributed by atoms with Gasteiger partial charge in [-0.3, -0.25) is 9.78 Å². The number of aryl methyl sites for hydroxylation is 2. The van der Waals surface area contributed by atoms with E-state index in [1.807, 2.05) is 11.6 Å². The lowest BCUT2D eigenvalue weighted by Crippen LogP contribution is -2.25. The van der Waals surface area contributed by atoms with Gasteiger partial charge in [-0.2, -0.15) is 5.10 Å². The second-order valence-corrected chi connectivity index (χ2v) is 7.25. The quantitative estimate of drug-likeness (QED) is 0.552. The largest absolute Gasteiger partial charge is 0.493 e. The molecule has 0 fully saturated rings. The van der Waals surface area contributed by atoms with Crippen molar-refractivity contribution in [3.05, 3.63) is 45.5 Å². The van der Waals surface area contributed by atoms with E-state index in [1.165, 1.54) is 9.56 Å². The molecular weight excluding hydrogens is 352 g/mol. The third-order valence-corrected chi connectivity index (χ3v) is 5.53. The molecule has 0 saturated heterocycles. The van der Waals surface area contributed by atoms with Gasteiger partial charge in [0.15, 0.2) is 11.5 Å². The second kappa shape index (κ2) is 6.14. The van der Waals surface area contributed by atoms with E-state index in [0.29, 0.717) is 22.7 Å². The van der Waals surface area contributed by atoms with Crippen molar-refractivity contribution < 1.29 is 9.47 Å². The lowest BCUT2D eigenvalue weighted by molar-refractivity contribution is 0.347. The van der Waals surface area contributed by atoms with Crippen molar-refractivity contribution in [2.24, 2.45) is 7.05 Å². The molecular formula is C18H18N4O3S. The Morgan fingerprint density at radius 2 is 2.08 bits per heavy atom. The Morgan fingerprint density at radius 3 is 2.81 bits per heavy atom. The molecule has 4 aromatic rings. The second-order valence-electron chi connectivity index (χ2n) is 5.99. The molecule has 4 heterocycles. The van der Waals surface area contributed by atoms with E-state index in [9.17, 15) is 4.79 Å². The number of aromatic nitrogens is 4. The molecule has 0 aliphatic rings. The first-order chi connectivity index (χ1) is 12.5. The van der Waals surface area contributed by atoms with Gasteiger partial charge in [-0.1, -0.05) is 0 Å². The van der Waals surface area contributed by atoms with E-state index in [4.69, 9.17) is 9.47 Å². The SMILES string of the molecule is COc1ccnc(Cn2ncc3c4sc(C)cc4n(C)c3c2=O)c1OC. The van der Waals surface area contributed by atoms with Crippen LogP contribution in [0.4, 0.5) is 0 Å². The molecule has 0 aliphatic carbocycles. The number of hydrogen-bond donors (Lipinski definition) is 0. The van der Waals surface area contributed by atoms with Crippen LogP contribution in [0.25, 0.3) is 21.1 Å². The molecule has 8 heteroatoms. The van der Waals surface area contributed by atoms with Crippen LogP contribution in [-0.2, 0) is 13.6 Å². The van der Waals surface area contributed by atoms with Crippen molar-refractivity contribution in [3.8, 4) is 11.5 Å². The normalized spacial score (nSPS) is 11.4. The zero-order valence-corrected chi connectivity index (χ0v) is 15.8. The molecule has 134 valence electrons. The summed E-state index contributed by atoms with van der Waals surface area (Å²) in [5.41, 5.74) is 2.13. The number of rotatable bonds is 4. The molecule has 0 bridgehead atoms. The van der Waals surface area contributed by atoms with Gasteiger partial charge in [0.25, 0.3) is 5.56 Å². The number of nitrogens with zero attached hydrogens (tertiary/aromatic N) is 4. The van der Waals surface area contributed by atoms with Crippen molar-refractivity contribution in [1.29, 1.82) is 0 Å². The standard InChI is InChI=1S/C18H18N4O3S/c1-10-7-13-17(26-10)11-8-20-22(18(23)15(11)21(13)2)9-12-16(25-4)14(24-3)5-6-19-12/h5-8H,9H2,1-4H3. The Bertz CT molecular complexity index is 1190. The highest BCUT2D eigenvalue weighted by Crippen LogP contribution is 2.33. The Balaban J connectivity index is 1.88. The maximum absolute atomic E-state index is 13.0. The topological polar surface area (TPSA) is 71.2 Å². The minimum Gasteiger partial charge on any atom is -0.493 e. The van der Waals surface area contributed by atoms with Crippen molar-refractivity contribution >= 4 is 32.5 Å². The Labute approximate surface area is 153 Å². The number of hydrogen-bond acceptors (Lipinski definition) is 6. The van der Waals surface area contributed by atoms with Crippen LogP contribution >= 0.6 is 11.3 Å². The van der Waals surface area contributed by atoms with Crippen LogP contribution < -0.4 is 15.0 Å². The molecule has 0 atom stereocenters. The summed E-state index contributed by atoms with van der Waals surface area (Å²) in [6.07, 6.45) is 3.38. The fraction of sp³-hybridized carbons (Fsp3) is 0.278. The van der Waals surface area contributed by atoms with Crippen LogP contribution in [0.2, 0.25) is 0 Å². The highest BCUT2D eigenvalue weighted by atomic mass is 32.1. The Morgan fingerprint density at radius 1 is 1.27 bits per heavy atom. The molecule has 0 aromatic carbocycles. The van der Waals surface area contributed by atoms with Gasteiger partial charge >= 0.3 is 0 Å². The third-order valence-electron chi connectivity index (χ3n) is 4.46. The maximum Gasteiger partial charge on any atom is 0.291 e. The fourth-order valence-corrected chi connectivity index (χ4v) is 4.30. The minimum atomic E-state index is -0.155. The molecule has 0 N–H and O–H groups in total. The minimum absolute atomic E-state index is 0.155. The van der Waals surface area contributed by atoms with E-state index < -0.39 is 0 Å². The summed E-state index contributed by atoms with van der Waals surface area (Å²) in [4.78, 5) is 18.6. The van der Waals surface area contributed by atoms with Gasteiger partial charge in [0.2, 0.25) is 0 Å². The summed E-state index contributed by atoms with van der Waals surface area (Å²) in [5.74, 6) is 1.08. The zero-order chi connectivity index (χ0) is 18.4. The Kier molecular flexibility index (Phi) is 3.91. The summed E-state index contributed by atoms with van der Waals surface area (Å²) in [6.45, 7) is 2.26. The molecule has 0 amide bonds. The highest BCUT2D eigenvalue weighted by molar-refractivity contribution is 7.20. The number of fused-ring (bicyclic) bond motifs is 3. The van der Waals surface area contributed by atoms with Gasteiger partial charge < -0.3 is 14.0 Å². The van der Waals surface area contributed by atoms with Crippen molar-refractivity contribution in [1.82, 2.24) is 19.3 Å².